The van der Waals surface area contributed by atoms with Gasteiger partial charge in [-0.1, -0.05) is 80.2 Å². The third-order valence-electron chi connectivity index (χ3n) is 10.7. The van der Waals surface area contributed by atoms with Crippen LogP contribution in [0, 0.1) is 24.2 Å². The molecule has 2 rings (SSSR count). The van der Waals surface area contributed by atoms with E-state index in [1.165, 1.54) is 0 Å². The molecule has 9 heteroatoms. The van der Waals surface area contributed by atoms with Crippen LogP contribution >= 0.6 is 0 Å². The molecule has 0 spiro atoms. The zero-order valence-electron chi connectivity index (χ0n) is 31.0. The van der Waals surface area contributed by atoms with Gasteiger partial charge in [-0.05, 0) is 74.3 Å². The smallest absolute Gasteiger partial charge is 0.194 e. The largest absolute Gasteiger partial charge is 0.401 e. The molecule has 0 aromatic rings. The Kier molecular flexibility index (Phi) is 10.9. The standard InChI is InChI=1S/C35H62O6Si3/c1-19-21-33(28-26-37-32(11,12)38-28,39-42(13,14)29(2,3)4)24-25-34(40-43(15,16)30(5,6)7)22-20-23-35(34,27-36)41-44(17,18)31(8,9)10/h1,20,22,27-28H,21,23,26H2,2-18H3/t28-,33-,34-,35+/m1/s1. The fraction of sp³-hybridized carbons (Fsp3) is 0.800. The van der Waals surface area contributed by atoms with Crippen molar-refractivity contribution in [2.24, 2.45) is 0 Å². The van der Waals surface area contributed by atoms with Crippen LogP contribution < -0.4 is 0 Å². The fourth-order valence-electron chi connectivity index (χ4n) is 4.67. The zero-order chi connectivity index (χ0) is 34.5. The molecule has 4 atom stereocenters. The summed E-state index contributed by atoms with van der Waals surface area (Å²) in [7, 11) is -7.45. The van der Waals surface area contributed by atoms with Crippen LogP contribution in [0.15, 0.2) is 12.2 Å². The van der Waals surface area contributed by atoms with Crippen molar-refractivity contribution < 1.29 is 27.5 Å². The second-order valence-electron chi connectivity index (χ2n) is 17.8. The molecule has 1 aliphatic carbocycles. The van der Waals surface area contributed by atoms with E-state index in [0.717, 1.165) is 6.29 Å². The summed E-state index contributed by atoms with van der Waals surface area (Å²) in [5.74, 6) is 9.14. The van der Waals surface area contributed by atoms with Crippen molar-refractivity contribution in [3.8, 4) is 24.2 Å². The van der Waals surface area contributed by atoms with Gasteiger partial charge in [0.05, 0.1) is 13.0 Å². The lowest BCUT2D eigenvalue weighted by Gasteiger charge is -2.51. The highest BCUT2D eigenvalue weighted by molar-refractivity contribution is 6.75. The van der Waals surface area contributed by atoms with Gasteiger partial charge in [-0.2, -0.15) is 0 Å². The lowest BCUT2D eigenvalue weighted by atomic mass is 9.85. The summed E-state index contributed by atoms with van der Waals surface area (Å²) in [4.78, 5) is 13.5. The summed E-state index contributed by atoms with van der Waals surface area (Å²) < 4.78 is 34.1. The number of hydrogen-bond donors (Lipinski definition) is 0. The van der Waals surface area contributed by atoms with Crippen LogP contribution in [0.3, 0.4) is 0 Å². The van der Waals surface area contributed by atoms with Gasteiger partial charge in [-0.25, -0.2) is 0 Å². The lowest BCUT2D eigenvalue weighted by Crippen LogP contribution is -2.64. The fourth-order valence-corrected chi connectivity index (χ4v) is 9.04. The average Bonchev–Trinajstić information content (AvgIpc) is 3.35. The van der Waals surface area contributed by atoms with E-state index in [-0.39, 0.29) is 28.1 Å². The Balaban J connectivity index is 2.98. The summed E-state index contributed by atoms with van der Waals surface area (Å²) in [6.45, 7) is 36.8. The Bertz CT molecular complexity index is 1200. The quantitative estimate of drug-likeness (QED) is 0.107. The Morgan fingerprint density at radius 1 is 0.886 bits per heavy atom. The number of hydrogen-bond acceptors (Lipinski definition) is 6. The van der Waals surface area contributed by atoms with Crippen molar-refractivity contribution in [2.45, 2.75) is 172 Å². The number of terminal acetylenes is 1. The molecule has 0 saturated carbocycles. The lowest BCUT2D eigenvalue weighted by molar-refractivity contribution is -0.157. The molecule has 1 fully saturated rings. The van der Waals surface area contributed by atoms with Crippen molar-refractivity contribution in [3.63, 3.8) is 0 Å². The maximum Gasteiger partial charge on any atom is 0.194 e. The second-order valence-corrected chi connectivity index (χ2v) is 31.9. The minimum Gasteiger partial charge on any atom is -0.401 e. The predicted molar refractivity (Wildman–Crippen MR) is 189 cm³/mol. The van der Waals surface area contributed by atoms with Crippen molar-refractivity contribution in [1.29, 1.82) is 0 Å². The molecule has 0 bridgehead atoms. The number of carbonyl (C=O) groups is 1. The van der Waals surface area contributed by atoms with Crippen LogP contribution in [0.5, 0.6) is 0 Å². The average molecular weight is 663 g/mol. The summed E-state index contributed by atoms with van der Waals surface area (Å²) in [5, 5.41) is -0.408. The zero-order valence-corrected chi connectivity index (χ0v) is 34.0. The summed E-state index contributed by atoms with van der Waals surface area (Å²) in [6.07, 6.45) is 11.0. The molecule has 1 heterocycles. The molecule has 250 valence electrons. The van der Waals surface area contributed by atoms with E-state index in [2.05, 4.69) is 119 Å². The highest BCUT2D eigenvalue weighted by atomic mass is 28.4. The van der Waals surface area contributed by atoms with E-state index >= 15 is 0 Å². The number of ether oxygens (including phenoxy) is 2. The molecule has 0 amide bonds. The third kappa shape index (κ3) is 7.74. The maximum atomic E-state index is 13.5. The molecule has 6 nitrogen and oxygen atoms in total. The first-order chi connectivity index (χ1) is 19.5. The minimum absolute atomic E-state index is 0.121. The highest BCUT2D eigenvalue weighted by Crippen LogP contribution is 2.50. The molecule has 0 N–H and O–H groups in total. The first kappa shape index (κ1) is 39.2. The van der Waals surface area contributed by atoms with Crippen LogP contribution in [0.4, 0.5) is 0 Å². The van der Waals surface area contributed by atoms with Gasteiger partial charge in [0, 0.05) is 6.42 Å². The number of aldehydes is 1. The number of rotatable bonds is 9. The molecule has 0 aromatic carbocycles. The van der Waals surface area contributed by atoms with Gasteiger partial charge in [0.2, 0.25) is 0 Å². The van der Waals surface area contributed by atoms with Crippen LogP contribution in [0.2, 0.25) is 54.4 Å². The Labute approximate surface area is 273 Å². The van der Waals surface area contributed by atoms with Crippen LogP contribution in [-0.4, -0.2) is 66.5 Å². The predicted octanol–water partition coefficient (Wildman–Crippen LogP) is 8.61. The first-order valence-corrected chi connectivity index (χ1v) is 24.7. The van der Waals surface area contributed by atoms with Gasteiger partial charge >= 0.3 is 0 Å². The van der Waals surface area contributed by atoms with E-state index in [4.69, 9.17) is 29.2 Å². The van der Waals surface area contributed by atoms with Gasteiger partial charge in [0.15, 0.2) is 53.8 Å². The Morgan fingerprint density at radius 3 is 1.80 bits per heavy atom. The SMILES string of the molecule is C#CC[C@](C#C[C@]1(O[Si](C)(C)C(C)(C)C)C=CC[C@@]1(C=O)O[Si](C)(C)C(C)(C)C)(O[Si](C)(C)C(C)(C)C)[C@H]1COC(C)(C)O1. The van der Waals surface area contributed by atoms with Gasteiger partial charge in [-0.15, -0.1) is 12.3 Å². The van der Waals surface area contributed by atoms with Crippen LogP contribution in [-0.2, 0) is 27.5 Å². The molecule has 1 aliphatic heterocycles. The second kappa shape index (κ2) is 12.2. The molecular formula is C35H62O6Si3. The number of carbonyl (C=O) groups excluding carboxylic acids is 1. The normalized spacial score (nSPS) is 27.8. The van der Waals surface area contributed by atoms with Gasteiger partial charge in [-0.3, -0.25) is 4.79 Å². The topological polar surface area (TPSA) is 63.2 Å². The Hall–Kier alpha value is -1.02. The molecule has 1 saturated heterocycles. The molecule has 2 aliphatic rings. The van der Waals surface area contributed by atoms with Gasteiger partial charge < -0.3 is 22.8 Å². The van der Waals surface area contributed by atoms with Crippen LogP contribution in [0.25, 0.3) is 0 Å². The Morgan fingerprint density at radius 2 is 1.39 bits per heavy atom. The van der Waals surface area contributed by atoms with E-state index in [9.17, 15) is 4.79 Å². The van der Waals surface area contributed by atoms with E-state index < -0.39 is 53.6 Å². The molecule has 0 aromatic heterocycles. The molecule has 0 unspecified atom stereocenters. The first-order valence-electron chi connectivity index (χ1n) is 16.0. The third-order valence-corrected chi connectivity index (χ3v) is 24.1. The minimum atomic E-state index is -2.52. The van der Waals surface area contributed by atoms with Crippen molar-refractivity contribution in [2.75, 3.05) is 6.61 Å². The van der Waals surface area contributed by atoms with Crippen molar-refractivity contribution in [3.05, 3.63) is 12.2 Å². The summed E-state index contributed by atoms with van der Waals surface area (Å²) in [5.41, 5.74) is -3.88. The van der Waals surface area contributed by atoms with E-state index in [1.807, 2.05) is 26.0 Å². The van der Waals surface area contributed by atoms with Crippen molar-refractivity contribution in [1.82, 2.24) is 0 Å². The summed E-state index contributed by atoms with van der Waals surface area (Å²) in [6, 6.07) is 0. The van der Waals surface area contributed by atoms with E-state index in [1.54, 1.807) is 0 Å². The van der Waals surface area contributed by atoms with Crippen molar-refractivity contribution >= 4 is 31.2 Å². The maximum absolute atomic E-state index is 13.5. The van der Waals surface area contributed by atoms with E-state index in [0.29, 0.717) is 6.42 Å². The highest BCUT2D eigenvalue weighted by Gasteiger charge is 2.61. The van der Waals surface area contributed by atoms with Gasteiger partial charge in [0.1, 0.15) is 6.10 Å². The summed E-state index contributed by atoms with van der Waals surface area (Å²) >= 11 is 0. The molecule has 0 radical (unpaired) electrons. The van der Waals surface area contributed by atoms with Crippen LogP contribution in [0.1, 0.15) is 89.0 Å². The molecule has 44 heavy (non-hydrogen) atoms. The van der Waals surface area contributed by atoms with Gasteiger partial charge in [0.25, 0.3) is 0 Å². The monoisotopic (exact) mass is 662 g/mol. The molecular weight excluding hydrogens is 601 g/mol.